The lowest BCUT2D eigenvalue weighted by Gasteiger charge is -2.05. The molecule has 82 valence electrons. The van der Waals surface area contributed by atoms with E-state index in [-0.39, 0.29) is 5.56 Å². The van der Waals surface area contributed by atoms with Crippen LogP contribution >= 0.6 is 12.2 Å². The fourth-order valence-corrected chi connectivity index (χ4v) is 1.75. The summed E-state index contributed by atoms with van der Waals surface area (Å²) in [6, 6.07) is 7.96. The topological polar surface area (TPSA) is 48.6 Å². The molecule has 0 aliphatic carbocycles. The molecule has 2 rings (SSSR count). The number of hydrogen-bond donors (Lipinski definition) is 2. The van der Waals surface area contributed by atoms with Crippen molar-refractivity contribution >= 4 is 12.2 Å². The number of nitrogens with one attached hydrogen (secondary N) is 2. The molecule has 0 radical (unpaired) electrons. The largest absolute Gasteiger partial charge is 0.332 e. The molecule has 1 aromatic carbocycles. The molecule has 0 aliphatic heterocycles. The van der Waals surface area contributed by atoms with Crippen LogP contribution in [0.15, 0.2) is 29.1 Å². The molecule has 0 atom stereocenters. The predicted octanol–water partition coefficient (Wildman–Crippen LogP) is 2.72. The van der Waals surface area contributed by atoms with E-state index in [2.05, 4.69) is 9.97 Å². The van der Waals surface area contributed by atoms with Crippen molar-refractivity contribution in [3.8, 4) is 11.3 Å². The third-order valence-corrected chi connectivity index (χ3v) is 2.73. The van der Waals surface area contributed by atoms with Gasteiger partial charge in [0.05, 0.1) is 5.69 Å². The average Bonchev–Trinajstić information content (AvgIpc) is 2.25. The molecule has 0 unspecified atom stereocenters. The fraction of sp³-hybridized carbons (Fsp3) is 0.167. The van der Waals surface area contributed by atoms with Crippen LogP contribution in [0.5, 0.6) is 0 Å². The number of H-pyrrole nitrogens is 2. The highest BCUT2D eigenvalue weighted by Crippen LogP contribution is 2.18. The summed E-state index contributed by atoms with van der Waals surface area (Å²) < 4.78 is 0.353. The van der Waals surface area contributed by atoms with Crippen LogP contribution in [0.4, 0.5) is 0 Å². The predicted molar refractivity (Wildman–Crippen MR) is 67.2 cm³/mol. The lowest BCUT2D eigenvalue weighted by atomic mass is 10.1. The Kier molecular flexibility index (Phi) is 2.75. The number of aromatic nitrogens is 2. The summed E-state index contributed by atoms with van der Waals surface area (Å²) in [5.74, 6) is 0. The van der Waals surface area contributed by atoms with Gasteiger partial charge in [0.15, 0.2) is 4.77 Å². The van der Waals surface area contributed by atoms with Gasteiger partial charge in [-0.3, -0.25) is 9.78 Å². The van der Waals surface area contributed by atoms with Crippen molar-refractivity contribution in [2.75, 3.05) is 0 Å². The minimum Gasteiger partial charge on any atom is -0.332 e. The van der Waals surface area contributed by atoms with Crippen LogP contribution in [0.1, 0.15) is 11.1 Å². The van der Waals surface area contributed by atoms with Gasteiger partial charge in [0, 0.05) is 5.56 Å². The third kappa shape index (κ3) is 1.97. The molecular weight excluding hydrogens is 220 g/mol. The molecule has 0 spiro atoms. The van der Waals surface area contributed by atoms with E-state index in [0.29, 0.717) is 10.3 Å². The molecule has 0 fully saturated rings. The molecule has 16 heavy (non-hydrogen) atoms. The molecule has 0 bridgehead atoms. The zero-order chi connectivity index (χ0) is 11.7. The molecular formula is C12H12N2OS. The van der Waals surface area contributed by atoms with Gasteiger partial charge < -0.3 is 4.98 Å². The molecule has 1 aromatic heterocycles. The molecule has 0 aliphatic rings. The van der Waals surface area contributed by atoms with Gasteiger partial charge in [-0.1, -0.05) is 29.8 Å². The first kappa shape index (κ1) is 10.8. The van der Waals surface area contributed by atoms with Crippen LogP contribution in [0.25, 0.3) is 11.3 Å². The van der Waals surface area contributed by atoms with E-state index < -0.39 is 0 Å². The van der Waals surface area contributed by atoms with Gasteiger partial charge in [-0.05, 0) is 31.6 Å². The van der Waals surface area contributed by atoms with E-state index >= 15 is 0 Å². The van der Waals surface area contributed by atoms with E-state index in [4.69, 9.17) is 12.2 Å². The van der Waals surface area contributed by atoms with Crippen LogP contribution in [0.2, 0.25) is 0 Å². The van der Waals surface area contributed by atoms with Gasteiger partial charge in [-0.2, -0.15) is 0 Å². The van der Waals surface area contributed by atoms with Gasteiger partial charge in [0.2, 0.25) is 0 Å². The lowest BCUT2D eigenvalue weighted by Crippen LogP contribution is -2.12. The second-order valence-corrected chi connectivity index (χ2v) is 4.18. The molecule has 0 saturated carbocycles. The maximum atomic E-state index is 11.6. The highest BCUT2D eigenvalue weighted by molar-refractivity contribution is 7.71. The van der Waals surface area contributed by atoms with E-state index in [1.807, 2.05) is 31.2 Å². The summed E-state index contributed by atoms with van der Waals surface area (Å²) in [6.07, 6.45) is 0. The Morgan fingerprint density at radius 2 is 1.69 bits per heavy atom. The number of aryl methyl sites for hydroxylation is 1. The Bertz CT molecular complexity index is 623. The fourth-order valence-electron chi connectivity index (χ4n) is 1.56. The van der Waals surface area contributed by atoms with Crippen molar-refractivity contribution in [2.45, 2.75) is 13.8 Å². The highest BCUT2D eigenvalue weighted by Gasteiger charge is 2.05. The molecule has 0 amide bonds. The van der Waals surface area contributed by atoms with E-state index in [9.17, 15) is 4.79 Å². The molecule has 3 nitrogen and oxygen atoms in total. The van der Waals surface area contributed by atoms with E-state index in [0.717, 1.165) is 11.3 Å². The quantitative estimate of drug-likeness (QED) is 0.743. The first-order valence-electron chi connectivity index (χ1n) is 4.98. The van der Waals surface area contributed by atoms with Crippen molar-refractivity contribution in [1.29, 1.82) is 0 Å². The van der Waals surface area contributed by atoms with Crippen molar-refractivity contribution in [1.82, 2.24) is 9.97 Å². The summed E-state index contributed by atoms with van der Waals surface area (Å²) in [5.41, 5.74) is 3.45. The van der Waals surface area contributed by atoms with Crippen LogP contribution in [0, 0.1) is 18.6 Å². The zero-order valence-electron chi connectivity index (χ0n) is 9.13. The van der Waals surface area contributed by atoms with Crippen LogP contribution < -0.4 is 5.56 Å². The van der Waals surface area contributed by atoms with Crippen molar-refractivity contribution in [3.63, 3.8) is 0 Å². The zero-order valence-corrected chi connectivity index (χ0v) is 9.94. The second-order valence-electron chi connectivity index (χ2n) is 3.77. The first-order valence-corrected chi connectivity index (χ1v) is 5.39. The average molecular weight is 232 g/mol. The maximum absolute atomic E-state index is 11.6. The molecule has 4 heteroatoms. The minimum atomic E-state index is -0.140. The Morgan fingerprint density at radius 3 is 2.31 bits per heavy atom. The summed E-state index contributed by atoms with van der Waals surface area (Å²) in [6.45, 7) is 3.80. The van der Waals surface area contributed by atoms with Gasteiger partial charge in [0.1, 0.15) is 0 Å². The van der Waals surface area contributed by atoms with Gasteiger partial charge in [-0.15, -0.1) is 0 Å². The molecule has 2 N–H and O–H groups in total. The standard InChI is InChI=1S/C12H12N2OS/c1-7-3-5-9(6-4-7)10-8(2)11(15)14-12(16)13-10/h3-6H,1-2H3,(H2,13,14,15,16). The van der Waals surface area contributed by atoms with E-state index in [1.54, 1.807) is 6.92 Å². The lowest BCUT2D eigenvalue weighted by molar-refractivity contribution is 1.06. The van der Waals surface area contributed by atoms with Crippen molar-refractivity contribution < 1.29 is 0 Å². The summed E-state index contributed by atoms with van der Waals surface area (Å²) >= 11 is 4.96. The highest BCUT2D eigenvalue weighted by atomic mass is 32.1. The van der Waals surface area contributed by atoms with Gasteiger partial charge in [-0.25, -0.2) is 0 Å². The Labute approximate surface area is 98.2 Å². The smallest absolute Gasteiger partial charge is 0.255 e. The second kappa shape index (κ2) is 4.06. The van der Waals surface area contributed by atoms with Crippen molar-refractivity contribution in [3.05, 3.63) is 50.5 Å². The van der Waals surface area contributed by atoms with Crippen LogP contribution in [-0.4, -0.2) is 9.97 Å². The molecule has 2 aromatic rings. The molecule has 0 saturated heterocycles. The number of benzene rings is 1. The number of aromatic amines is 2. The maximum Gasteiger partial charge on any atom is 0.255 e. The summed E-state index contributed by atoms with van der Waals surface area (Å²) in [4.78, 5) is 17.1. The molecule has 1 heterocycles. The number of rotatable bonds is 1. The summed E-state index contributed by atoms with van der Waals surface area (Å²) in [5, 5.41) is 0. The van der Waals surface area contributed by atoms with Crippen LogP contribution in [0.3, 0.4) is 0 Å². The van der Waals surface area contributed by atoms with Crippen LogP contribution in [-0.2, 0) is 0 Å². The Hall–Kier alpha value is -1.68. The van der Waals surface area contributed by atoms with E-state index in [1.165, 1.54) is 5.56 Å². The van der Waals surface area contributed by atoms with Gasteiger partial charge >= 0.3 is 0 Å². The SMILES string of the molecule is Cc1ccc(-c2[nH]c(=S)[nH]c(=O)c2C)cc1. The van der Waals surface area contributed by atoms with Crippen molar-refractivity contribution in [2.24, 2.45) is 0 Å². The Balaban J connectivity index is 2.69. The monoisotopic (exact) mass is 232 g/mol. The Morgan fingerprint density at radius 1 is 1.06 bits per heavy atom. The first-order chi connectivity index (χ1) is 7.58. The number of hydrogen-bond acceptors (Lipinski definition) is 2. The van der Waals surface area contributed by atoms with Gasteiger partial charge in [0.25, 0.3) is 5.56 Å². The third-order valence-electron chi connectivity index (χ3n) is 2.52. The normalized spacial score (nSPS) is 10.4. The summed E-state index contributed by atoms with van der Waals surface area (Å²) in [7, 11) is 0. The minimum absolute atomic E-state index is 0.140.